The van der Waals surface area contributed by atoms with Crippen molar-refractivity contribution in [3.8, 4) is 0 Å². The molecular weight excluding hydrogens is 224 g/mol. The highest BCUT2D eigenvalue weighted by atomic mass is 35.5. The van der Waals surface area contributed by atoms with Crippen molar-refractivity contribution in [2.75, 3.05) is 7.05 Å². The van der Waals surface area contributed by atoms with E-state index in [1.807, 2.05) is 7.05 Å². The molecule has 0 saturated carbocycles. The van der Waals surface area contributed by atoms with Crippen molar-refractivity contribution < 1.29 is 5.11 Å². The van der Waals surface area contributed by atoms with E-state index in [1.165, 1.54) is 0 Å². The maximum Gasteiger partial charge on any atom is 0.108 e. The largest absolute Gasteiger partial charge is 0.378 e. The highest BCUT2D eigenvalue weighted by molar-refractivity contribution is 5.85. The summed E-state index contributed by atoms with van der Waals surface area (Å²) in [6.45, 7) is 13.6. The zero-order chi connectivity index (χ0) is 11.4. The number of aliphatic hydroxyl groups is 1. The van der Waals surface area contributed by atoms with Gasteiger partial charge in [-0.25, -0.2) is 0 Å². The first kappa shape index (κ1) is 18.5. The van der Waals surface area contributed by atoms with E-state index < -0.39 is 0 Å². The lowest BCUT2D eigenvalue weighted by atomic mass is 9.54. The Hall–Kier alpha value is 0.170. The molecule has 1 rings (SSSR count). The van der Waals surface area contributed by atoms with E-state index in [9.17, 15) is 5.11 Å². The van der Waals surface area contributed by atoms with E-state index in [4.69, 9.17) is 0 Å². The zero-order valence-corrected chi connectivity index (χ0v) is 12.6. The Morgan fingerprint density at radius 2 is 1.44 bits per heavy atom. The van der Waals surface area contributed by atoms with E-state index in [2.05, 4.69) is 46.4 Å². The van der Waals surface area contributed by atoms with E-state index in [-0.39, 0.29) is 41.2 Å². The topological polar surface area (TPSA) is 58.5 Å². The van der Waals surface area contributed by atoms with Crippen molar-refractivity contribution in [2.45, 2.75) is 59.7 Å². The van der Waals surface area contributed by atoms with Gasteiger partial charge in [0.15, 0.2) is 0 Å². The van der Waals surface area contributed by atoms with Crippen LogP contribution in [-0.2, 0) is 0 Å². The molecule has 0 aromatic heterocycles. The van der Waals surface area contributed by atoms with Crippen molar-refractivity contribution >= 4 is 12.4 Å². The summed E-state index contributed by atoms with van der Waals surface area (Å²) in [6.07, 6.45) is 0.535. The van der Waals surface area contributed by atoms with Crippen LogP contribution in [0.15, 0.2) is 0 Å². The molecule has 0 aromatic rings. The highest BCUT2D eigenvalue weighted by Gasteiger charge is 2.55. The molecule has 1 aliphatic rings. The standard InChI is InChI=1S/C12H25NO.ClH.H3N/c1-10(2)8-9(14)13(7)12(5,6)11(10,3)4;;/h9,14H,8H2,1-7H3;1H;1H3. The fourth-order valence-electron chi connectivity index (χ4n) is 2.49. The third-order valence-corrected chi connectivity index (χ3v) is 5.24. The minimum Gasteiger partial charge on any atom is -0.378 e. The summed E-state index contributed by atoms with van der Waals surface area (Å²) in [7, 11) is 2.02. The van der Waals surface area contributed by atoms with Gasteiger partial charge in [0.1, 0.15) is 6.23 Å². The first-order valence-electron chi connectivity index (χ1n) is 5.45. The van der Waals surface area contributed by atoms with Crippen molar-refractivity contribution in [3.63, 3.8) is 0 Å². The Kier molecular flexibility index (Phi) is 5.57. The number of halogens is 1. The lowest BCUT2D eigenvalue weighted by Crippen LogP contribution is -2.66. The summed E-state index contributed by atoms with van der Waals surface area (Å²) in [4.78, 5) is 2.10. The van der Waals surface area contributed by atoms with Crippen LogP contribution in [0.25, 0.3) is 0 Å². The minimum absolute atomic E-state index is 0. The van der Waals surface area contributed by atoms with Gasteiger partial charge in [0.05, 0.1) is 0 Å². The molecular formula is C12H29ClN2O. The third kappa shape index (κ3) is 2.23. The molecule has 1 aliphatic heterocycles. The molecule has 3 nitrogen and oxygen atoms in total. The molecule has 1 saturated heterocycles. The van der Waals surface area contributed by atoms with Gasteiger partial charge >= 0.3 is 0 Å². The van der Waals surface area contributed by atoms with Gasteiger partial charge in [0, 0.05) is 5.54 Å². The molecule has 0 bridgehead atoms. The Labute approximate surface area is 107 Å². The second-order valence-electron chi connectivity index (χ2n) is 6.36. The van der Waals surface area contributed by atoms with Crippen LogP contribution >= 0.6 is 12.4 Å². The first-order valence-corrected chi connectivity index (χ1v) is 5.45. The molecule has 4 heteroatoms. The van der Waals surface area contributed by atoms with Gasteiger partial charge < -0.3 is 11.3 Å². The van der Waals surface area contributed by atoms with E-state index in [0.717, 1.165) is 6.42 Å². The van der Waals surface area contributed by atoms with E-state index in [1.54, 1.807) is 0 Å². The van der Waals surface area contributed by atoms with Gasteiger partial charge in [0.25, 0.3) is 0 Å². The summed E-state index contributed by atoms with van der Waals surface area (Å²) in [6, 6.07) is 0. The Morgan fingerprint density at radius 3 is 1.81 bits per heavy atom. The van der Waals surface area contributed by atoms with Gasteiger partial charge in [-0.15, -0.1) is 12.4 Å². The number of nitrogens with zero attached hydrogens (tertiary/aromatic N) is 1. The second kappa shape index (κ2) is 4.81. The molecule has 100 valence electrons. The smallest absolute Gasteiger partial charge is 0.108 e. The highest BCUT2D eigenvalue weighted by Crippen LogP contribution is 2.55. The van der Waals surface area contributed by atoms with Gasteiger partial charge in [-0.2, -0.15) is 0 Å². The lowest BCUT2D eigenvalue weighted by Gasteiger charge is -2.62. The van der Waals surface area contributed by atoms with Crippen molar-refractivity contribution in [3.05, 3.63) is 0 Å². The number of rotatable bonds is 0. The molecule has 0 aromatic carbocycles. The number of aliphatic hydroxyl groups excluding tert-OH is 1. The molecule has 16 heavy (non-hydrogen) atoms. The van der Waals surface area contributed by atoms with Gasteiger partial charge in [-0.3, -0.25) is 4.90 Å². The van der Waals surface area contributed by atoms with Gasteiger partial charge in [0.2, 0.25) is 0 Å². The molecule has 1 heterocycles. The maximum absolute atomic E-state index is 10.0. The summed E-state index contributed by atoms with van der Waals surface area (Å²) in [5.41, 5.74) is 0.380. The predicted octanol–water partition coefficient (Wildman–Crippen LogP) is 3.06. The zero-order valence-electron chi connectivity index (χ0n) is 11.8. The number of likely N-dealkylation sites (tertiary alicyclic amines) is 1. The first-order chi connectivity index (χ1) is 6.04. The fraction of sp³-hybridized carbons (Fsp3) is 1.00. The van der Waals surface area contributed by atoms with Crippen LogP contribution in [-0.4, -0.2) is 28.8 Å². The van der Waals surface area contributed by atoms with Crippen LogP contribution in [0, 0.1) is 10.8 Å². The van der Waals surface area contributed by atoms with Crippen molar-refractivity contribution in [1.82, 2.24) is 11.1 Å². The van der Waals surface area contributed by atoms with Gasteiger partial charge in [-0.1, -0.05) is 27.7 Å². The molecule has 0 spiro atoms. The van der Waals surface area contributed by atoms with E-state index >= 15 is 0 Å². The summed E-state index contributed by atoms with van der Waals surface area (Å²) in [5, 5.41) is 10.0. The molecule has 0 aliphatic carbocycles. The second-order valence-corrected chi connectivity index (χ2v) is 6.36. The molecule has 4 N–H and O–H groups in total. The molecule has 1 unspecified atom stereocenters. The van der Waals surface area contributed by atoms with Crippen molar-refractivity contribution in [2.24, 2.45) is 10.8 Å². The van der Waals surface area contributed by atoms with Crippen LogP contribution in [0.2, 0.25) is 0 Å². The molecule has 1 fully saturated rings. The summed E-state index contributed by atoms with van der Waals surface area (Å²) in [5.74, 6) is 0. The van der Waals surface area contributed by atoms with Gasteiger partial charge in [-0.05, 0) is 38.1 Å². The monoisotopic (exact) mass is 252 g/mol. The predicted molar refractivity (Wildman–Crippen MR) is 72.3 cm³/mol. The van der Waals surface area contributed by atoms with Crippen molar-refractivity contribution in [1.29, 1.82) is 0 Å². The van der Waals surface area contributed by atoms with Crippen LogP contribution in [0.3, 0.4) is 0 Å². The van der Waals surface area contributed by atoms with Crippen LogP contribution in [0.4, 0.5) is 0 Å². The average Bonchev–Trinajstić information content (AvgIpc) is 1.99. The Morgan fingerprint density at radius 1 is 1.06 bits per heavy atom. The number of hydrogen-bond donors (Lipinski definition) is 2. The lowest BCUT2D eigenvalue weighted by molar-refractivity contribution is -0.188. The fourth-order valence-corrected chi connectivity index (χ4v) is 2.49. The quantitative estimate of drug-likeness (QED) is 0.697. The average molecular weight is 253 g/mol. The summed E-state index contributed by atoms with van der Waals surface area (Å²) < 4.78 is 0. The SMILES string of the molecule is CN1C(O)CC(C)(C)C(C)(C)C1(C)C.Cl.N. The molecule has 0 amide bonds. The molecule has 0 radical (unpaired) electrons. The third-order valence-electron chi connectivity index (χ3n) is 5.24. The minimum atomic E-state index is -0.312. The summed E-state index contributed by atoms with van der Waals surface area (Å²) >= 11 is 0. The van der Waals surface area contributed by atoms with Crippen LogP contribution < -0.4 is 6.15 Å². The Bertz CT molecular complexity index is 239. The van der Waals surface area contributed by atoms with Crippen LogP contribution in [0.1, 0.15) is 48.0 Å². The van der Waals surface area contributed by atoms with E-state index in [0.29, 0.717) is 0 Å². The number of hydrogen-bond acceptors (Lipinski definition) is 3. The molecule has 1 atom stereocenters. The maximum atomic E-state index is 10.0. The van der Waals surface area contributed by atoms with Crippen LogP contribution in [0.5, 0.6) is 0 Å². The Balaban J connectivity index is 0. The normalized spacial score (nSPS) is 31.1. The number of piperidine rings is 1.